The van der Waals surface area contributed by atoms with Crippen LogP contribution in [0.15, 0.2) is 48.5 Å². The number of carbonyl (C=O) groups is 2. The van der Waals surface area contributed by atoms with E-state index in [0.717, 1.165) is 31.7 Å². The number of amides is 1. The smallest absolute Gasteiger partial charge is 0.262 e. The lowest BCUT2D eigenvalue weighted by molar-refractivity contribution is -0.118. The fourth-order valence-electron chi connectivity index (χ4n) is 3.09. The van der Waals surface area contributed by atoms with Crippen molar-refractivity contribution in [3.05, 3.63) is 59.7 Å². The second kappa shape index (κ2) is 9.48. The predicted octanol–water partition coefficient (Wildman–Crippen LogP) is 2.44. The molecule has 0 saturated carbocycles. The van der Waals surface area contributed by atoms with Crippen molar-refractivity contribution in [2.24, 2.45) is 0 Å². The number of carbonyl (C=O) groups excluding carboxylic acids is 2. The zero-order valence-electron chi connectivity index (χ0n) is 16.5. The number of nitrogens with zero attached hydrogens (tertiary/aromatic N) is 2. The molecule has 1 aliphatic heterocycles. The minimum absolute atomic E-state index is 0.0620. The summed E-state index contributed by atoms with van der Waals surface area (Å²) < 4.78 is 5.50. The number of rotatable bonds is 7. The van der Waals surface area contributed by atoms with Gasteiger partial charge in [0.2, 0.25) is 0 Å². The van der Waals surface area contributed by atoms with E-state index in [2.05, 4.69) is 22.2 Å². The molecule has 6 heteroatoms. The summed E-state index contributed by atoms with van der Waals surface area (Å²) in [7, 11) is 2.10. The second-order valence-corrected chi connectivity index (χ2v) is 7.23. The summed E-state index contributed by atoms with van der Waals surface area (Å²) in [6.45, 7) is 6.15. The molecule has 1 saturated heterocycles. The van der Waals surface area contributed by atoms with Gasteiger partial charge in [-0.15, -0.1) is 0 Å². The molecule has 1 aliphatic rings. The SMILES string of the molecule is Cc1cccc(OCC(=O)Nc2ccc(C(=O)CN3CCN(C)CC3)cc2)c1. The van der Waals surface area contributed by atoms with Crippen LogP contribution in [-0.4, -0.2) is 67.9 Å². The average Bonchev–Trinajstić information content (AvgIpc) is 2.69. The van der Waals surface area contributed by atoms with Crippen molar-refractivity contribution in [1.82, 2.24) is 9.80 Å². The first-order valence-corrected chi connectivity index (χ1v) is 9.53. The minimum Gasteiger partial charge on any atom is -0.484 e. The number of hydrogen-bond donors (Lipinski definition) is 1. The summed E-state index contributed by atoms with van der Waals surface area (Å²) in [5, 5.41) is 2.79. The van der Waals surface area contributed by atoms with Gasteiger partial charge in [-0.2, -0.15) is 0 Å². The Bertz CT molecular complexity index is 812. The topological polar surface area (TPSA) is 61.9 Å². The van der Waals surface area contributed by atoms with E-state index in [9.17, 15) is 9.59 Å². The van der Waals surface area contributed by atoms with Crippen LogP contribution in [0.5, 0.6) is 5.75 Å². The standard InChI is InChI=1S/C22H27N3O3/c1-17-4-3-5-20(14-17)28-16-22(27)23-19-8-6-18(7-9-19)21(26)15-25-12-10-24(2)11-13-25/h3-9,14H,10-13,15-16H2,1-2H3,(H,23,27). The van der Waals surface area contributed by atoms with Gasteiger partial charge in [0.15, 0.2) is 12.4 Å². The van der Waals surface area contributed by atoms with Gasteiger partial charge in [-0.1, -0.05) is 12.1 Å². The number of anilines is 1. The van der Waals surface area contributed by atoms with E-state index in [1.165, 1.54) is 0 Å². The van der Waals surface area contributed by atoms with Gasteiger partial charge in [0.25, 0.3) is 5.91 Å². The van der Waals surface area contributed by atoms with Crippen molar-refractivity contribution in [3.63, 3.8) is 0 Å². The van der Waals surface area contributed by atoms with Crippen LogP contribution in [0.1, 0.15) is 15.9 Å². The summed E-state index contributed by atoms with van der Waals surface area (Å²) in [4.78, 5) is 29.0. The average molecular weight is 381 g/mol. The molecule has 0 aromatic heterocycles. The lowest BCUT2D eigenvalue weighted by atomic mass is 10.1. The molecule has 0 aliphatic carbocycles. The molecule has 2 aromatic carbocycles. The highest BCUT2D eigenvalue weighted by atomic mass is 16.5. The Morgan fingerprint density at radius 2 is 1.75 bits per heavy atom. The molecule has 1 amide bonds. The van der Waals surface area contributed by atoms with Gasteiger partial charge in [-0.25, -0.2) is 0 Å². The van der Waals surface area contributed by atoms with Crippen LogP contribution in [0.25, 0.3) is 0 Å². The van der Waals surface area contributed by atoms with E-state index in [1.807, 2.05) is 31.2 Å². The number of hydrogen-bond acceptors (Lipinski definition) is 5. The predicted molar refractivity (Wildman–Crippen MR) is 110 cm³/mol. The molecule has 1 heterocycles. The van der Waals surface area contributed by atoms with E-state index < -0.39 is 0 Å². The molecule has 148 valence electrons. The lowest BCUT2D eigenvalue weighted by Gasteiger charge is -2.31. The van der Waals surface area contributed by atoms with Gasteiger partial charge < -0.3 is 15.0 Å². The lowest BCUT2D eigenvalue weighted by Crippen LogP contribution is -2.46. The molecule has 0 bridgehead atoms. The summed E-state index contributed by atoms with van der Waals surface area (Å²) >= 11 is 0. The summed E-state index contributed by atoms with van der Waals surface area (Å²) in [6.07, 6.45) is 0. The van der Waals surface area contributed by atoms with Crippen LogP contribution in [0, 0.1) is 6.92 Å². The maximum atomic E-state index is 12.5. The zero-order valence-corrected chi connectivity index (χ0v) is 16.5. The Morgan fingerprint density at radius 3 is 2.43 bits per heavy atom. The molecule has 0 atom stereocenters. The van der Waals surface area contributed by atoms with Gasteiger partial charge in [0, 0.05) is 37.4 Å². The Hall–Kier alpha value is -2.70. The first-order chi connectivity index (χ1) is 13.5. The first-order valence-electron chi connectivity index (χ1n) is 9.53. The maximum absolute atomic E-state index is 12.5. The number of likely N-dealkylation sites (N-methyl/N-ethyl adjacent to an activating group) is 1. The molecule has 0 unspecified atom stereocenters. The third kappa shape index (κ3) is 5.90. The van der Waals surface area contributed by atoms with E-state index in [-0.39, 0.29) is 18.3 Å². The van der Waals surface area contributed by atoms with Crippen molar-refractivity contribution < 1.29 is 14.3 Å². The van der Waals surface area contributed by atoms with Gasteiger partial charge in [0.05, 0.1) is 6.54 Å². The molecule has 1 fully saturated rings. The number of ketones is 1. The highest BCUT2D eigenvalue weighted by Gasteiger charge is 2.17. The summed E-state index contributed by atoms with van der Waals surface area (Å²) in [6, 6.07) is 14.6. The number of ether oxygens (including phenoxy) is 1. The van der Waals surface area contributed by atoms with E-state index >= 15 is 0 Å². The minimum atomic E-state index is -0.238. The number of piperazine rings is 1. The number of benzene rings is 2. The van der Waals surface area contributed by atoms with Gasteiger partial charge in [-0.05, 0) is 55.9 Å². The molecule has 0 radical (unpaired) electrons. The fraction of sp³-hybridized carbons (Fsp3) is 0.364. The van der Waals surface area contributed by atoms with Gasteiger partial charge in [-0.3, -0.25) is 14.5 Å². The number of nitrogens with one attached hydrogen (secondary N) is 1. The zero-order chi connectivity index (χ0) is 19.9. The number of aryl methyl sites for hydroxylation is 1. The highest BCUT2D eigenvalue weighted by molar-refractivity contribution is 5.98. The van der Waals surface area contributed by atoms with Crippen LogP contribution in [0.4, 0.5) is 5.69 Å². The van der Waals surface area contributed by atoms with E-state index in [0.29, 0.717) is 23.5 Å². The van der Waals surface area contributed by atoms with Crippen LogP contribution >= 0.6 is 0 Å². The van der Waals surface area contributed by atoms with Crippen LogP contribution in [-0.2, 0) is 4.79 Å². The summed E-state index contributed by atoms with van der Waals surface area (Å²) in [5.74, 6) is 0.531. The van der Waals surface area contributed by atoms with Crippen molar-refractivity contribution in [3.8, 4) is 5.75 Å². The van der Waals surface area contributed by atoms with Crippen molar-refractivity contribution >= 4 is 17.4 Å². The molecule has 1 N–H and O–H groups in total. The second-order valence-electron chi connectivity index (χ2n) is 7.23. The van der Waals surface area contributed by atoms with Crippen molar-refractivity contribution in [2.75, 3.05) is 51.7 Å². The molecular formula is C22H27N3O3. The largest absolute Gasteiger partial charge is 0.484 e. The molecule has 28 heavy (non-hydrogen) atoms. The van der Waals surface area contributed by atoms with Crippen LogP contribution in [0.2, 0.25) is 0 Å². The fourth-order valence-corrected chi connectivity index (χ4v) is 3.09. The molecule has 0 spiro atoms. The molecule has 3 rings (SSSR count). The molecular weight excluding hydrogens is 354 g/mol. The van der Waals surface area contributed by atoms with Gasteiger partial charge >= 0.3 is 0 Å². The maximum Gasteiger partial charge on any atom is 0.262 e. The Labute approximate surface area is 166 Å². The van der Waals surface area contributed by atoms with Crippen LogP contribution < -0.4 is 10.1 Å². The monoisotopic (exact) mass is 381 g/mol. The molecule has 6 nitrogen and oxygen atoms in total. The highest BCUT2D eigenvalue weighted by Crippen LogP contribution is 2.14. The first kappa shape index (κ1) is 20.0. The number of Topliss-reactive ketones (excluding diaryl/α,β-unsaturated/α-hetero) is 1. The quantitative estimate of drug-likeness (QED) is 0.747. The van der Waals surface area contributed by atoms with Crippen molar-refractivity contribution in [2.45, 2.75) is 6.92 Å². The Morgan fingerprint density at radius 1 is 1.04 bits per heavy atom. The Balaban J connectivity index is 1.47. The van der Waals surface area contributed by atoms with Crippen LogP contribution in [0.3, 0.4) is 0 Å². The summed E-state index contributed by atoms with van der Waals surface area (Å²) in [5.41, 5.74) is 2.39. The normalized spacial score (nSPS) is 15.2. The Kier molecular flexibility index (Phi) is 6.79. The van der Waals surface area contributed by atoms with E-state index in [4.69, 9.17) is 4.74 Å². The third-order valence-electron chi connectivity index (χ3n) is 4.81. The molecule has 2 aromatic rings. The van der Waals surface area contributed by atoms with E-state index in [1.54, 1.807) is 24.3 Å². The third-order valence-corrected chi connectivity index (χ3v) is 4.81. The van der Waals surface area contributed by atoms with Gasteiger partial charge in [0.1, 0.15) is 5.75 Å². The van der Waals surface area contributed by atoms with Crippen molar-refractivity contribution in [1.29, 1.82) is 0 Å².